The first kappa shape index (κ1) is 19.0. The van der Waals surface area contributed by atoms with Crippen LogP contribution in [0.2, 0.25) is 0 Å². The van der Waals surface area contributed by atoms with Gasteiger partial charge in [0, 0.05) is 17.7 Å². The Kier molecular flexibility index (Phi) is 6.19. The summed E-state index contributed by atoms with van der Waals surface area (Å²) in [5.41, 5.74) is 1.39. The maximum absolute atomic E-state index is 13.9. The molecule has 0 aliphatic carbocycles. The molecule has 142 valence electrons. The predicted octanol–water partition coefficient (Wildman–Crippen LogP) is 3.37. The predicted molar refractivity (Wildman–Crippen MR) is 99.8 cm³/mol. The standard InChI is InChI=1S/C21H23FN2O3/c22-18-7-3-2-6-17(18)19(21(26)27)23-20(25)16-10-8-15(9-11-16)14-24-12-4-1-5-13-24/h2-3,6-11,19H,1,4-5,12-14H2,(H,23,25)(H,26,27). The summed E-state index contributed by atoms with van der Waals surface area (Å²) < 4.78 is 13.9. The summed E-state index contributed by atoms with van der Waals surface area (Å²) in [6, 6.07) is 11.2. The van der Waals surface area contributed by atoms with Crippen LogP contribution in [0.5, 0.6) is 0 Å². The van der Waals surface area contributed by atoms with E-state index in [4.69, 9.17) is 0 Å². The zero-order valence-corrected chi connectivity index (χ0v) is 15.0. The molecule has 0 radical (unpaired) electrons. The van der Waals surface area contributed by atoms with Crippen LogP contribution in [-0.4, -0.2) is 35.0 Å². The van der Waals surface area contributed by atoms with Crippen LogP contribution in [0.4, 0.5) is 4.39 Å². The molecule has 1 aliphatic rings. The molecular formula is C21H23FN2O3. The Morgan fingerprint density at radius 1 is 1.04 bits per heavy atom. The van der Waals surface area contributed by atoms with E-state index < -0.39 is 23.7 Å². The van der Waals surface area contributed by atoms with E-state index in [0.717, 1.165) is 25.2 Å². The number of nitrogens with one attached hydrogen (secondary N) is 1. The molecule has 0 aromatic heterocycles. The molecule has 1 saturated heterocycles. The number of rotatable bonds is 6. The van der Waals surface area contributed by atoms with Crippen molar-refractivity contribution < 1.29 is 19.1 Å². The van der Waals surface area contributed by atoms with Crippen molar-refractivity contribution in [2.24, 2.45) is 0 Å². The maximum atomic E-state index is 13.9. The highest BCUT2D eigenvalue weighted by molar-refractivity contribution is 5.96. The van der Waals surface area contributed by atoms with E-state index in [2.05, 4.69) is 10.2 Å². The van der Waals surface area contributed by atoms with Crippen LogP contribution in [-0.2, 0) is 11.3 Å². The number of carbonyl (C=O) groups is 2. The van der Waals surface area contributed by atoms with Crippen LogP contribution < -0.4 is 5.32 Å². The Morgan fingerprint density at radius 3 is 2.33 bits per heavy atom. The van der Waals surface area contributed by atoms with Crippen LogP contribution in [0, 0.1) is 5.82 Å². The Bertz CT molecular complexity index is 801. The average molecular weight is 370 g/mol. The minimum absolute atomic E-state index is 0.0694. The molecule has 27 heavy (non-hydrogen) atoms. The van der Waals surface area contributed by atoms with Gasteiger partial charge in [0.2, 0.25) is 0 Å². The second kappa shape index (κ2) is 8.77. The zero-order valence-electron chi connectivity index (χ0n) is 15.0. The summed E-state index contributed by atoms with van der Waals surface area (Å²) in [6.07, 6.45) is 3.71. The normalized spacial score (nSPS) is 15.9. The molecule has 0 spiro atoms. The smallest absolute Gasteiger partial charge is 0.331 e. The SMILES string of the molecule is O=C(NC(C(=O)O)c1ccccc1F)c1ccc(CN2CCCCC2)cc1. The lowest BCUT2D eigenvalue weighted by molar-refractivity contribution is -0.139. The lowest BCUT2D eigenvalue weighted by atomic mass is 10.0. The summed E-state index contributed by atoms with van der Waals surface area (Å²) in [6.45, 7) is 3.02. The molecule has 6 heteroatoms. The minimum atomic E-state index is -1.44. The summed E-state index contributed by atoms with van der Waals surface area (Å²) >= 11 is 0. The van der Waals surface area contributed by atoms with Gasteiger partial charge in [-0.3, -0.25) is 9.69 Å². The van der Waals surface area contributed by atoms with Crippen molar-refractivity contribution in [1.82, 2.24) is 10.2 Å². The quantitative estimate of drug-likeness (QED) is 0.818. The van der Waals surface area contributed by atoms with Gasteiger partial charge >= 0.3 is 5.97 Å². The van der Waals surface area contributed by atoms with E-state index in [9.17, 15) is 19.1 Å². The average Bonchev–Trinajstić information content (AvgIpc) is 2.68. The van der Waals surface area contributed by atoms with Crippen molar-refractivity contribution in [3.63, 3.8) is 0 Å². The molecular weight excluding hydrogens is 347 g/mol. The molecule has 2 aromatic rings. The number of hydrogen-bond acceptors (Lipinski definition) is 3. The molecule has 1 atom stereocenters. The van der Waals surface area contributed by atoms with Gasteiger partial charge in [0.15, 0.2) is 6.04 Å². The highest BCUT2D eigenvalue weighted by Gasteiger charge is 2.25. The molecule has 5 nitrogen and oxygen atoms in total. The van der Waals surface area contributed by atoms with Gasteiger partial charge in [-0.1, -0.05) is 36.8 Å². The highest BCUT2D eigenvalue weighted by atomic mass is 19.1. The number of benzene rings is 2. The van der Waals surface area contributed by atoms with Crippen LogP contribution in [0.3, 0.4) is 0 Å². The van der Waals surface area contributed by atoms with Crippen molar-refractivity contribution >= 4 is 11.9 Å². The lowest BCUT2D eigenvalue weighted by Gasteiger charge is -2.26. The van der Waals surface area contributed by atoms with Crippen LogP contribution in [0.1, 0.15) is 46.8 Å². The van der Waals surface area contributed by atoms with E-state index in [-0.39, 0.29) is 5.56 Å². The summed E-state index contributed by atoms with van der Waals surface area (Å²) in [4.78, 5) is 26.3. The van der Waals surface area contributed by atoms with E-state index in [1.807, 2.05) is 12.1 Å². The number of likely N-dealkylation sites (tertiary alicyclic amines) is 1. The summed E-state index contributed by atoms with van der Waals surface area (Å²) in [5.74, 6) is -2.52. The van der Waals surface area contributed by atoms with E-state index >= 15 is 0 Å². The Hall–Kier alpha value is -2.73. The molecule has 1 fully saturated rings. The molecule has 1 amide bonds. The Labute approximate surface area is 157 Å². The number of halogens is 1. The fourth-order valence-corrected chi connectivity index (χ4v) is 3.33. The molecule has 2 aromatic carbocycles. The van der Waals surface area contributed by atoms with Gasteiger partial charge in [0.1, 0.15) is 5.82 Å². The highest BCUT2D eigenvalue weighted by Crippen LogP contribution is 2.18. The lowest BCUT2D eigenvalue weighted by Crippen LogP contribution is -2.34. The molecule has 1 heterocycles. The van der Waals surface area contributed by atoms with Gasteiger partial charge in [-0.15, -0.1) is 0 Å². The minimum Gasteiger partial charge on any atom is -0.479 e. The monoisotopic (exact) mass is 370 g/mol. The third kappa shape index (κ3) is 4.92. The van der Waals surface area contributed by atoms with Crippen molar-refractivity contribution in [2.45, 2.75) is 31.8 Å². The second-order valence-electron chi connectivity index (χ2n) is 6.80. The van der Waals surface area contributed by atoms with Gasteiger partial charge in [0.05, 0.1) is 0 Å². The van der Waals surface area contributed by atoms with Gasteiger partial charge in [-0.25, -0.2) is 9.18 Å². The number of aliphatic carboxylic acids is 1. The molecule has 1 unspecified atom stereocenters. The van der Waals surface area contributed by atoms with Gasteiger partial charge in [-0.2, -0.15) is 0 Å². The maximum Gasteiger partial charge on any atom is 0.331 e. The fraction of sp³-hybridized carbons (Fsp3) is 0.333. The van der Waals surface area contributed by atoms with Crippen molar-refractivity contribution in [1.29, 1.82) is 0 Å². The number of hydrogen-bond donors (Lipinski definition) is 2. The van der Waals surface area contributed by atoms with Crippen LogP contribution in [0.25, 0.3) is 0 Å². The largest absolute Gasteiger partial charge is 0.479 e. The van der Waals surface area contributed by atoms with Crippen LogP contribution >= 0.6 is 0 Å². The molecule has 0 bridgehead atoms. The van der Waals surface area contributed by atoms with E-state index in [1.165, 1.54) is 43.5 Å². The first-order valence-electron chi connectivity index (χ1n) is 9.14. The second-order valence-corrected chi connectivity index (χ2v) is 6.80. The third-order valence-electron chi connectivity index (χ3n) is 4.81. The van der Waals surface area contributed by atoms with E-state index in [0.29, 0.717) is 5.56 Å². The van der Waals surface area contributed by atoms with Crippen molar-refractivity contribution in [3.8, 4) is 0 Å². The summed E-state index contributed by atoms with van der Waals surface area (Å²) in [5, 5.41) is 11.8. The zero-order chi connectivity index (χ0) is 19.2. The number of amides is 1. The first-order valence-corrected chi connectivity index (χ1v) is 9.14. The Morgan fingerprint density at radius 2 is 1.70 bits per heavy atom. The number of nitrogens with zero attached hydrogens (tertiary/aromatic N) is 1. The number of piperidine rings is 1. The number of carbonyl (C=O) groups excluding carboxylic acids is 1. The van der Waals surface area contributed by atoms with Gasteiger partial charge < -0.3 is 10.4 Å². The molecule has 1 aliphatic heterocycles. The summed E-state index contributed by atoms with van der Waals surface area (Å²) in [7, 11) is 0. The molecule has 3 rings (SSSR count). The third-order valence-corrected chi connectivity index (χ3v) is 4.81. The Balaban J connectivity index is 1.67. The molecule has 0 saturated carbocycles. The molecule has 2 N–H and O–H groups in total. The first-order chi connectivity index (χ1) is 13.0. The van der Waals surface area contributed by atoms with Gasteiger partial charge in [0.25, 0.3) is 5.91 Å². The van der Waals surface area contributed by atoms with E-state index in [1.54, 1.807) is 12.1 Å². The van der Waals surface area contributed by atoms with Crippen LogP contribution in [0.15, 0.2) is 48.5 Å². The van der Waals surface area contributed by atoms with Crippen molar-refractivity contribution in [3.05, 3.63) is 71.0 Å². The van der Waals surface area contributed by atoms with Gasteiger partial charge in [-0.05, 0) is 49.7 Å². The fourth-order valence-electron chi connectivity index (χ4n) is 3.33. The number of carboxylic acids is 1. The van der Waals surface area contributed by atoms with Crippen molar-refractivity contribution in [2.75, 3.05) is 13.1 Å². The topological polar surface area (TPSA) is 69.6 Å². The number of carboxylic acid groups (broad SMARTS) is 1.